The molecular formula is C8H20FNSi. The van der Waals surface area contributed by atoms with Crippen molar-refractivity contribution in [2.24, 2.45) is 11.8 Å². The molecule has 0 aromatic rings. The Kier molecular flexibility index (Phi) is 5.77. The molecule has 0 heterocycles. The van der Waals surface area contributed by atoms with Crippen molar-refractivity contribution >= 4 is 10.0 Å². The summed E-state index contributed by atoms with van der Waals surface area (Å²) in [5, 5.41) is 0. The summed E-state index contributed by atoms with van der Waals surface area (Å²) < 4.78 is 14.4. The van der Waals surface area contributed by atoms with Crippen LogP contribution in [0.3, 0.4) is 0 Å². The molecule has 0 atom stereocenters. The Balaban J connectivity index is 3.58. The molecule has 0 aliphatic heterocycles. The van der Waals surface area contributed by atoms with E-state index >= 15 is 0 Å². The van der Waals surface area contributed by atoms with Crippen molar-refractivity contribution < 1.29 is 4.11 Å². The van der Waals surface area contributed by atoms with Crippen molar-refractivity contribution in [3.8, 4) is 0 Å². The Morgan fingerprint density at radius 1 is 1.09 bits per heavy atom. The highest BCUT2D eigenvalue weighted by molar-refractivity contribution is 6.22. The van der Waals surface area contributed by atoms with E-state index in [1.807, 2.05) is 4.57 Å². The second-order valence-corrected chi connectivity index (χ2v) is 5.08. The summed E-state index contributed by atoms with van der Waals surface area (Å²) in [6.07, 6.45) is 0. The molecule has 0 bridgehead atoms. The van der Waals surface area contributed by atoms with Crippen LogP contribution >= 0.6 is 0 Å². The van der Waals surface area contributed by atoms with Gasteiger partial charge in [0.1, 0.15) is 0 Å². The lowest BCUT2D eigenvalue weighted by atomic mass is 10.2. The number of nitrogens with zero attached hydrogens (tertiary/aromatic N) is 1. The lowest BCUT2D eigenvalue weighted by Crippen LogP contribution is -2.32. The summed E-state index contributed by atoms with van der Waals surface area (Å²) in [4.78, 5) is 0. The first-order valence-electron chi connectivity index (χ1n) is 4.34. The van der Waals surface area contributed by atoms with Gasteiger partial charge >= 0.3 is 0 Å². The molecule has 0 fully saturated rings. The molecule has 0 spiro atoms. The van der Waals surface area contributed by atoms with Gasteiger partial charge in [0.15, 0.2) is 0 Å². The number of hydrogen-bond acceptors (Lipinski definition) is 1. The van der Waals surface area contributed by atoms with E-state index in [-0.39, 0.29) is 0 Å². The molecule has 0 saturated heterocycles. The van der Waals surface area contributed by atoms with Gasteiger partial charge in [-0.05, 0) is 24.9 Å². The Hall–Kier alpha value is 0.107. The van der Waals surface area contributed by atoms with Crippen LogP contribution in [-0.4, -0.2) is 27.7 Å². The van der Waals surface area contributed by atoms with Crippen LogP contribution in [0, 0.1) is 11.8 Å². The molecule has 0 aromatic carbocycles. The Morgan fingerprint density at radius 2 is 1.45 bits per heavy atom. The van der Waals surface area contributed by atoms with Gasteiger partial charge in [-0.25, -0.2) is 0 Å². The van der Waals surface area contributed by atoms with Gasteiger partial charge in [0.2, 0.25) is 0 Å². The zero-order valence-electron chi connectivity index (χ0n) is 8.10. The molecule has 0 aliphatic rings. The van der Waals surface area contributed by atoms with Crippen LogP contribution in [-0.2, 0) is 0 Å². The van der Waals surface area contributed by atoms with Crippen LogP contribution in [0.25, 0.3) is 0 Å². The highest BCUT2D eigenvalue weighted by atomic mass is 28.3. The summed E-state index contributed by atoms with van der Waals surface area (Å²) in [6.45, 7) is 10.4. The molecular weight excluding hydrogens is 157 g/mol. The van der Waals surface area contributed by atoms with Gasteiger partial charge in [-0.1, -0.05) is 27.7 Å². The van der Waals surface area contributed by atoms with Crippen molar-refractivity contribution in [2.75, 3.05) is 13.1 Å². The van der Waals surface area contributed by atoms with E-state index in [2.05, 4.69) is 27.7 Å². The molecule has 1 nitrogen and oxygen atoms in total. The van der Waals surface area contributed by atoms with Crippen LogP contribution in [0.4, 0.5) is 4.11 Å². The predicted octanol–water partition coefficient (Wildman–Crippen LogP) is 1.57. The molecule has 0 radical (unpaired) electrons. The van der Waals surface area contributed by atoms with Gasteiger partial charge in [0.25, 0.3) is 10.0 Å². The fourth-order valence-corrected chi connectivity index (χ4v) is 2.43. The van der Waals surface area contributed by atoms with Crippen LogP contribution in [0.1, 0.15) is 27.7 Å². The van der Waals surface area contributed by atoms with Crippen molar-refractivity contribution in [2.45, 2.75) is 27.7 Å². The van der Waals surface area contributed by atoms with Crippen LogP contribution < -0.4 is 0 Å². The number of halogens is 1. The topological polar surface area (TPSA) is 3.24 Å². The average molecular weight is 177 g/mol. The fourth-order valence-electron chi connectivity index (χ4n) is 1.20. The van der Waals surface area contributed by atoms with E-state index in [9.17, 15) is 4.11 Å². The SMILES string of the molecule is CC(C)CN(CC(C)C)[SiH2]F. The van der Waals surface area contributed by atoms with Crippen molar-refractivity contribution in [1.82, 2.24) is 4.57 Å². The molecule has 0 saturated carbocycles. The van der Waals surface area contributed by atoms with Gasteiger partial charge in [0, 0.05) is 0 Å². The van der Waals surface area contributed by atoms with E-state index in [0.717, 1.165) is 13.1 Å². The molecule has 0 rings (SSSR count). The normalized spacial score (nSPS) is 13.1. The number of rotatable bonds is 5. The largest absolute Gasteiger partial charge is 0.303 e. The monoisotopic (exact) mass is 177 g/mol. The third-order valence-corrected chi connectivity index (χ3v) is 2.27. The summed E-state index contributed by atoms with van der Waals surface area (Å²) in [5.74, 6) is 1.19. The molecule has 0 unspecified atom stereocenters. The molecule has 0 amide bonds. The zero-order chi connectivity index (χ0) is 8.85. The van der Waals surface area contributed by atoms with E-state index in [1.54, 1.807) is 0 Å². The standard InChI is InChI=1S/C8H20FNSi/c1-7(2)5-10(11-9)6-8(3)4/h7-8H,5-6,11H2,1-4H3. The summed E-state index contributed by atoms with van der Waals surface area (Å²) in [7, 11) is -1.42. The van der Waals surface area contributed by atoms with Gasteiger partial charge < -0.3 is 8.67 Å². The van der Waals surface area contributed by atoms with E-state index in [1.165, 1.54) is 0 Å². The second kappa shape index (κ2) is 5.72. The van der Waals surface area contributed by atoms with E-state index in [0.29, 0.717) is 11.8 Å². The summed E-state index contributed by atoms with van der Waals surface area (Å²) in [6, 6.07) is 0. The minimum absolute atomic E-state index is 0.594. The van der Waals surface area contributed by atoms with Crippen molar-refractivity contribution in [1.29, 1.82) is 0 Å². The zero-order valence-corrected chi connectivity index (χ0v) is 9.52. The van der Waals surface area contributed by atoms with Crippen molar-refractivity contribution in [3.05, 3.63) is 0 Å². The van der Waals surface area contributed by atoms with Gasteiger partial charge in [0.05, 0.1) is 0 Å². The fraction of sp³-hybridized carbons (Fsp3) is 1.00. The summed E-state index contributed by atoms with van der Waals surface area (Å²) >= 11 is 0. The molecule has 0 N–H and O–H groups in total. The first-order valence-corrected chi connectivity index (χ1v) is 5.51. The molecule has 68 valence electrons. The molecule has 11 heavy (non-hydrogen) atoms. The van der Waals surface area contributed by atoms with Gasteiger partial charge in [-0.2, -0.15) is 0 Å². The maximum Gasteiger partial charge on any atom is 0.291 e. The highest BCUT2D eigenvalue weighted by Crippen LogP contribution is 2.01. The maximum atomic E-state index is 12.4. The summed E-state index contributed by atoms with van der Waals surface area (Å²) in [5.41, 5.74) is 0. The van der Waals surface area contributed by atoms with Crippen LogP contribution in [0.15, 0.2) is 0 Å². The quantitative estimate of drug-likeness (QED) is 0.455. The first-order chi connectivity index (χ1) is 5.06. The minimum atomic E-state index is -1.42. The van der Waals surface area contributed by atoms with Gasteiger partial charge in [-0.15, -0.1) is 0 Å². The second-order valence-electron chi connectivity index (χ2n) is 3.94. The first kappa shape index (κ1) is 11.1. The predicted molar refractivity (Wildman–Crippen MR) is 50.9 cm³/mol. The Bertz CT molecular complexity index is 86.1. The Labute approximate surface area is 72.0 Å². The van der Waals surface area contributed by atoms with Crippen molar-refractivity contribution in [3.63, 3.8) is 0 Å². The highest BCUT2D eigenvalue weighted by Gasteiger charge is 2.08. The molecule has 0 aromatic heterocycles. The van der Waals surface area contributed by atoms with Crippen LogP contribution in [0.2, 0.25) is 0 Å². The third kappa shape index (κ3) is 6.50. The minimum Gasteiger partial charge on any atom is -0.303 e. The Morgan fingerprint density at radius 3 is 1.64 bits per heavy atom. The number of hydrogen-bond donors (Lipinski definition) is 0. The van der Waals surface area contributed by atoms with Gasteiger partial charge in [-0.3, -0.25) is 0 Å². The molecule has 3 heteroatoms. The third-order valence-electron chi connectivity index (χ3n) is 1.42. The van der Waals surface area contributed by atoms with Crippen LogP contribution in [0.5, 0.6) is 0 Å². The van der Waals surface area contributed by atoms with E-state index < -0.39 is 10.0 Å². The molecule has 0 aliphatic carbocycles. The smallest absolute Gasteiger partial charge is 0.291 e. The lowest BCUT2D eigenvalue weighted by Gasteiger charge is -2.22. The average Bonchev–Trinajstić information content (AvgIpc) is 1.84. The maximum absolute atomic E-state index is 12.4. The van der Waals surface area contributed by atoms with E-state index in [4.69, 9.17) is 0 Å². The lowest BCUT2D eigenvalue weighted by molar-refractivity contribution is 0.331.